The van der Waals surface area contributed by atoms with Crippen LogP contribution in [0.15, 0.2) is 24.4 Å². The molecule has 748 valence electrons. The summed E-state index contributed by atoms with van der Waals surface area (Å²) in [7, 11) is 0. The van der Waals surface area contributed by atoms with Crippen molar-refractivity contribution in [2.75, 3.05) is 59.3 Å². The maximum atomic E-state index is 12.9. The molecule has 1 aromatic rings. The highest BCUT2D eigenvalue weighted by atomic mass is 19.1. The van der Waals surface area contributed by atoms with Crippen LogP contribution in [0.2, 0.25) is 0 Å². The summed E-state index contributed by atoms with van der Waals surface area (Å²) in [6, 6.07) is 5.73. The van der Waals surface area contributed by atoms with Gasteiger partial charge in [0.25, 0.3) is 0 Å². The number of halogens is 2. The molecule has 0 fully saturated rings. The number of nitrogens with zero attached hydrogens (tertiary/aromatic N) is 1. The van der Waals surface area contributed by atoms with Gasteiger partial charge >= 0.3 is 0 Å². The highest BCUT2D eigenvalue weighted by Crippen LogP contribution is 2.32. The zero-order chi connectivity index (χ0) is 99.1. The summed E-state index contributed by atoms with van der Waals surface area (Å²) in [5.41, 5.74) is 5.38. The highest BCUT2D eigenvalue weighted by molar-refractivity contribution is 5.82. The summed E-state index contributed by atoms with van der Waals surface area (Å²) in [5, 5.41) is 40.7. The van der Waals surface area contributed by atoms with Crippen LogP contribution in [0.1, 0.15) is 408 Å². The van der Waals surface area contributed by atoms with Crippen molar-refractivity contribution in [3.63, 3.8) is 0 Å². The van der Waals surface area contributed by atoms with Crippen LogP contribution in [0.4, 0.5) is 8.78 Å². The number of Topliss-reactive ketones (excluding diaryl/α,β-unsaturated/α-hetero) is 4. The maximum absolute atomic E-state index is 12.9. The van der Waals surface area contributed by atoms with E-state index in [1.165, 1.54) is 19.3 Å². The second-order valence-electron chi connectivity index (χ2n) is 38.8. The molecule has 0 saturated heterocycles. The molecule has 1 rings (SSSR count). The lowest BCUT2D eigenvalue weighted by molar-refractivity contribution is -0.128. The maximum Gasteiger partial charge on any atom is 0.223 e. The van der Waals surface area contributed by atoms with E-state index in [0.29, 0.717) is 135 Å². The molecule has 19 nitrogen and oxygen atoms in total. The predicted molar refractivity (Wildman–Crippen MR) is 530 cm³/mol. The Hall–Kier alpha value is -5.12. The van der Waals surface area contributed by atoms with Crippen molar-refractivity contribution in [2.24, 2.45) is 124 Å². The Kier molecular flexibility index (Phi) is 96.4. The van der Waals surface area contributed by atoms with E-state index in [-0.39, 0.29) is 109 Å². The Morgan fingerprint density at radius 2 is 0.698 bits per heavy atom. The minimum atomic E-state index is -0.830. The molecule has 11 atom stereocenters. The molecule has 126 heavy (non-hydrogen) atoms. The average molecular weight is 1800 g/mol. The van der Waals surface area contributed by atoms with Gasteiger partial charge in [0.2, 0.25) is 29.5 Å². The number of ketones is 4. The van der Waals surface area contributed by atoms with Crippen LogP contribution in [0.3, 0.4) is 0 Å². The van der Waals surface area contributed by atoms with E-state index in [1.807, 2.05) is 25.1 Å². The molecule has 0 aromatic carbocycles. The van der Waals surface area contributed by atoms with Crippen molar-refractivity contribution in [2.45, 2.75) is 414 Å². The van der Waals surface area contributed by atoms with E-state index in [0.717, 1.165) is 152 Å². The van der Waals surface area contributed by atoms with E-state index >= 15 is 0 Å². The van der Waals surface area contributed by atoms with Crippen LogP contribution in [-0.4, -0.2) is 138 Å². The van der Waals surface area contributed by atoms with Gasteiger partial charge in [0.1, 0.15) is 23.1 Å². The molecule has 21 heteroatoms. The van der Waals surface area contributed by atoms with Crippen molar-refractivity contribution in [3.8, 4) is 0 Å². The molecule has 1 aromatic heterocycles. The largest absolute Gasteiger partial charge is 0.395 e. The number of nitrogens with one attached hydrogen (secondary N) is 5. The quantitative estimate of drug-likeness (QED) is 0.0293. The van der Waals surface area contributed by atoms with Gasteiger partial charge in [0, 0.05) is 100 Å². The third kappa shape index (κ3) is 79.8. The first-order valence-corrected chi connectivity index (χ1v) is 50.1. The van der Waals surface area contributed by atoms with E-state index in [4.69, 9.17) is 15.9 Å². The fourth-order valence-corrected chi connectivity index (χ4v) is 15.3. The second kappa shape index (κ2) is 89.1. The van der Waals surface area contributed by atoms with Gasteiger partial charge in [0.15, 0.2) is 0 Å². The zero-order valence-corrected chi connectivity index (χ0v) is 87.8. The average Bonchev–Trinajstić information content (AvgIpc) is 0.883. The number of aliphatic hydroxyl groups is 3. The number of pyridine rings is 1. The number of aliphatic hydroxyl groups excluding tert-OH is 2. The Balaban J connectivity index is -0.000000208. The molecule has 0 aliphatic rings. The van der Waals surface area contributed by atoms with Crippen LogP contribution in [0, 0.1) is 118 Å². The predicted octanol–water partition coefficient (Wildman–Crippen LogP) is 23.5. The number of unbranched alkanes of at least 4 members (excludes halogenated alkanes) is 4. The highest BCUT2D eigenvalue weighted by Gasteiger charge is 2.30. The SMILES string of the molecule is CCCC[C@@H](C(C)C)[C@@H](CF)CC(C)=O.CCCC[C@@H](C(C)C)[C@H](CF)CC(C)=O.CCCC[C@H](C(=O)NCCO)C(C)C.CCCC[C@H](CCC(C)=O)C(C)C.CCC[C@@H](C(=O)CC)C(C)C.CCC[C@@H](C(=O)NCC(C)(C)O)C(C)C.CCC[C@@H](C(=O)NCCN)C(C)C.CCC[C@@H](C(=O)NCCO)C(C)C.CCC[C@@H](C(=O)NCc1ccccn1)C(C)C. The first kappa shape index (κ1) is 136. The van der Waals surface area contributed by atoms with Crippen LogP contribution in [0.25, 0.3) is 0 Å². The van der Waals surface area contributed by atoms with Gasteiger partial charge in [-0.1, -0.05) is 290 Å². The molecule has 0 spiro atoms. The first-order valence-electron chi connectivity index (χ1n) is 50.1. The van der Waals surface area contributed by atoms with Gasteiger partial charge in [-0.2, -0.15) is 0 Å². The number of amides is 5. The number of hydrogen-bond acceptors (Lipinski definition) is 14. The van der Waals surface area contributed by atoms with Crippen LogP contribution in [0.5, 0.6) is 0 Å². The summed E-state index contributed by atoms with van der Waals surface area (Å²) in [4.78, 5) is 107. The molecular weight excluding hydrogens is 1590 g/mol. The van der Waals surface area contributed by atoms with Crippen molar-refractivity contribution in [1.29, 1.82) is 0 Å². The van der Waals surface area contributed by atoms with Gasteiger partial charge in [-0.25, -0.2) is 0 Å². The van der Waals surface area contributed by atoms with Crippen LogP contribution >= 0.6 is 0 Å². The number of nitrogens with two attached hydrogens (primary N) is 1. The molecular formula is C105H207F2N7O12. The zero-order valence-electron chi connectivity index (χ0n) is 87.8. The molecule has 5 amide bonds. The summed E-state index contributed by atoms with van der Waals surface area (Å²) < 4.78 is 25.8. The number of hydrogen-bond donors (Lipinski definition) is 9. The number of alkyl halides is 2. The number of rotatable bonds is 59. The molecule has 0 bridgehead atoms. The molecule has 0 unspecified atom stereocenters. The van der Waals surface area contributed by atoms with Gasteiger partial charge < -0.3 is 62.0 Å². The molecule has 1 heterocycles. The van der Waals surface area contributed by atoms with Crippen molar-refractivity contribution in [1.82, 2.24) is 31.6 Å². The van der Waals surface area contributed by atoms with Gasteiger partial charge in [0.05, 0.1) is 44.4 Å². The molecule has 0 radical (unpaired) electrons. The molecule has 0 aliphatic carbocycles. The Morgan fingerprint density at radius 3 is 0.960 bits per heavy atom. The summed E-state index contributed by atoms with van der Waals surface area (Å²) in [6.45, 7) is 69.3. The molecule has 0 saturated carbocycles. The third-order valence-corrected chi connectivity index (χ3v) is 23.2. The minimum Gasteiger partial charge on any atom is -0.395 e. The van der Waals surface area contributed by atoms with E-state index in [1.54, 1.807) is 40.8 Å². The number of carbonyl (C=O) groups excluding carboxylic acids is 9. The summed E-state index contributed by atoms with van der Waals surface area (Å²) in [6.07, 6.45) is 28.9. The fraction of sp³-hybridized carbons (Fsp3) is 0.867. The molecule has 10 N–H and O–H groups in total. The van der Waals surface area contributed by atoms with Crippen molar-refractivity contribution < 1.29 is 67.3 Å². The normalized spacial score (nSPS) is 13.7. The lowest BCUT2D eigenvalue weighted by Gasteiger charge is -2.27. The monoisotopic (exact) mass is 1800 g/mol. The van der Waals surface area contributed by atoms with E-state index in [2.05, 4.69) is 219 Å². The first-order chi connectivity index (χ1) is 59.1. The van der Waals surface area contributed by atoms with E-state index < -0.39 is 5.60 Å². The van der Waals surface area contributed by atoms with Gasteiger partial charge in [-0.05, 0) is 187 Å². The van der Waals surface area contributed by atoms with Crippen LogP contribution < -0.4 is 32.3 Å². The third-order valence-electron chi connectivity index (χ3n) is 23.2. The fourth-order valence-electron chi connectivity index (χ4n) is 15.3. The Morgan fingerprint density at radius 1 is 0.381 bits per heavy atom. The lowest BCUT2D eigenvalue weighted by atomic mass is 9.78. The molecule has 0 aliphatic heterocycles. The minimum absolute atomic E-state index is 0.0165. The smallest absolute Gasteiger partial charge is 0.223 e. The van der Waals surface area contributed by atoms with Gasteiger partial charge in [-0.15, -0.1) is 0 Å². The van der Waals surface area contributed by atoms with E-state index in [9.17, 15) is 57.0 Å². The second-order valence-corrected chi connectivity index (χ2v) is 38.8. The number of aromatic nitrogens is 1. The Labute approximate surface area is 774 Å². The summed E-state index contributed by atoms with van der Waals surface area (Å²) >= 11 is 0. The standard InChI is InChI=1S/C14H22N2O.2C13H25FO.C12H25NO2.C12H24O.C11H23NO2.C10H22N2O.C10H21NO2.C10H20O/c1-4-7-13(11(2)3)14(17)16-10-12-8-5-6-9-15-12;2*1-5-6-7-13(10(2)3)12(9-14)8-11(4)15;1-6-7-10(9(2)3)11(14)13-8-12(4,5)15;1-5-6-7-12(10(2)3)9-8-11(4)13;1-4-5-6-10(9(2)3)11(14)12-7-8-13;1-4-5-9(8(2)3)10(13)12-7-6-11;1-4-5-9(8(2)3)10(13)11-6-7-12;1-5-7-9(8(3)4)10(11)6-2/h5-6,8-9,11,13H,4,7,10H2,1-3H3,(H,16,17);2*10,12-13H,5-9H2,1-4H3;9-10,15H,6-8H2,1-5H3,(H,13,14);10,12H,5-9H2,1-4H3;9-10,13H,4-8H2,1-3H3,(H,12,14);8-9H,4-7,11H2,1-3H3,(H,12,13);8-9,12H,4-7H2,1-3H3,(H,11,13);8-9H,5-7H2,1-4H3/t13-;12-,13+;12-,13-;10-;12-;10-;3*9-/m110110111/s1. The lowest BCUT2D eigenvalue weighted by Crippen LogP contribution is -2.42. The Bertz CT molecular complexity index is 2650. The summed E-state index contributed by atoms with van der Waals surface area (Å²) in [5.74, 6) is 7.79. The number of carbonyl (C=O) groups is 9. The van der Waals surface area contributed by atoms with Gasteiger partial charge in [-0.3, -0.25) is 42.5 Å². The van der Waals surface area contributed by atoms with Crippen molar-refractivity contribution >= 4 is 52.7 Å². The van der Waals surface area contributed by atoms with Crippen molar-refractivity contribution in [3.05, 3.63) is 30.1 Å². The van der Waals surface area contributed by atoms with Crippen LogP contribution in [-0.2, 0) is 49.7 Å². The topological polar surface area (TPSA) is 313 Å².